The fourth-order valence-corrected chi connectivity index (χ4v) is 2.65. The van der Waals surface area contributed by atoms with Gasteiger partial charge in [0.25, 0.3) is 17.5 Å². The number of para-hydroxylation sites is 1. The molecule has 8 nitrogen and oxygen atoms in total. The van der Waals surface area contributed by atoms with Gasteiger partial charge < -0.3 is 4.74 Å². The SMILES string of the molecule is O=C(NNC(=O)c1ccccc1[N+](=O)[O-])c1ccc(COc2ccc(Cl)cc2)cc1. The molecule has 0 radical (unpaired) electrons. The highest BCUT2D eigenvalue weighted by Crippen LogP contribution is 2.18. The molecule has 9 heteroatoms. The zero-order chi connectivity index (χ0) is 21.5. The highest BCUT2D eigenvalue weighted by atomic mass is 35.5. The summed E-state index contributed by atoms with van der Waals surface area (Å²) in [5.74, 6) is -0.685. The molecule has 3 rings (SSSR count). The van der Waals surface area contributed by atoms with Gasteiger partial charge in [0, 0.05) is 16.7 Å². The summed E-state index contributed by atoms with van der Waals surface area (Å²) in [6.45, 7) is 0.304. The Bertz CT molecular complexity index is 1070. The van der Waals surface area contributed by atoms with Crippen molar-refractivity contribution in [3.8, 4) is 5.75 Å². The average Bonchev–Trinajstić information content (AvgIpc) is 2.77. The number of carbonyl (C=O) groups excluding carboxylic acids is 2. The summed E-state index contributed by atoms with van der Waals surface area (Å²) in [4.78, 5) is 34.7. The summed E-state index contributed by atoms with van der Waals surface area (Å²) in [7, 11) is 0. The number of nitrogens with one attached hydrogen (secondary N) is 2. The summed E-state index contributed by atoms with van der Waals surface area (Å²) < 4.78 is 5.63. The molecular weight excluding hydrogens is 410 g/mol. The second-order valence-corrected chi connectivity index (χ2v) is 6.56. The molecule has 0 saturated heterocycles. The van der Waals surface area contributed by atoms with Crippen LogP contribution in [0.2, 0.25) is 5.02 Å². The van der Waals surface area contributed by atoms with Crippen molar-refractivity contribution in [1.82, 2.24) is 10.9 Å². The minimum Gasteiger partial charge on any atom is -0.489 e. The number of rotatable bonds is 6. The van der Waals surface area contributed by atoms with Gasteiger partial charge in [-0.3, -0.25) is 30.6 Å². The van der Waals surface area contributed by atoms with E-state index in [0.717, 1.165) is 5.56 Å². The summed E-state index contributed by atoms with van der Waals surface area (Å²) >= 11 is 5.83. The Morgan fingerprint density at radius 2 is 1.53 bits per heavy atom. The molecule has 0 heterocycles. The molecule has 30 heavy (non-hydrogen) atoms. The summed E-state index contributed by atoms with van der Waals surface area (Å²) in [6, 6.07) is 19.0. The normalized spacial score (nSPS) is 10.2. The maximum atomic E-state index is 12.2. The van der Waals surface area contributed by atoms with E-state index >= 15 is 0 Å². The van der Waals surface area contributed by atoms with E-state index < -0.39 is 16.7 Å². The van der Waals surface area contributed by atoms with E-state index in [4.69, 9.17) is 16.3 Å². The van der Waals surface area contributed by atoms with Crippen LogP contribution in [0.15, 0.2) is 72.8 Å². The first-order valence-electron chi connectivity index (χ1n) is 8.75. The lowest BCUT2D eigenvalue weighted by Gasteiger charge is -2.09. The molecule has 0 unspecified atom stereocenters. The van der Waals surface area contributed by atoms with Gasteiger partial charge in [0.1, 0.15) is 17.9 Å². The smallest absolute Gasteiger partial charge is 0.282 e. The number of nitro groups is 1. The Hall–Kier alpha value is -3.91. The van der Waals surface area contributed by atoms with Crippen molar-refractivity contribution in [2.75, 3.05) is 0 Å². The minimum absolute atomic E-state index is 0.155. The molecule has 152 valence electrons. The third-order valence-electron chi connectivity index (χ3n) is 4.07. The summed E-state index contributed by atoms with van der Waals surface area (Å²) in [5, 5.41) is 11.6. The zero-order valence-electron chi connectivity index (χ0n) is 15.5. The Morgan fingerprint density at radius 3 is 2.20 bits per heavy atom. The molecule has 3 aromatic carbocycles. The van der Waals surface area contributed by atoms with Crippen LogP contribution in [-0.4, -0.2) is 16.7 Å². The van der Waals surface area contributed by atoms with Crippen molar-refractivity contribution >= 4 is 29.1 Å². The average molecular weight is 426 g/mol. The lowest BCUT2D eigenvalue weighted by Crippen LogP contribution is -2.41. The molecule has 0 aliphatic heterocycles. The number of halogens is 1. The quantitative estimate of drug-likeness (QED) is 0.459. The molecule has 0 aromatic heterocycles. The first-order chi connectivity index (χ1) is 14.4. The lowest BCUT2D eigenvalue weighted by molar-refractivity contribution is -0.385. The maximum Gasteiger partial charge on any atom is 0.282 e. The molecule has 0 bridgehead atoms. The highest BCUT2D eigenvalue weighted by Gasteiger charge is 2.19. The monoisotopic (exact) mass is 425 g/mol. The maximum absolute atomic E-state index is 12.2. The van der Waals surface area contributed by atoms with Gasteiger partial charge in [0.2, 0.25) is 0 Å². The van der Waals surface area contributed by atoms with Crippen LogP contribution in [0.4, 0.5) is 5.69 Å². The van der Waals surface area contributed by atoms with Crippen molar-refractivity contribution in [3.05, 3.63) is 105 Å². The molecule has 0 fully saturated rings. The van der Waals surface area contributed by atoms with E-state index in [1.165, 1.54) is 24.3 Å². The molecular formula is C21H16ClN3O5. The number of amides is 2. The standard InChI is InChI=1S/C21H16ClN3O5/c22-16-9-11-17(12-10-16)30-13-14-5-7-15(8-6-14)20(26)23-24-21(27)18-3-1-2-4-19(18)25(28)29/h1-12H,13H2,(H,23,26)(H,24,27). The van der Waals surface area contributed by atoms with Gasteiger partial charge in [0.15, 0.2) is 0 Å². The molecule has 0 atom stereocenters. The van der Waals surface area contributed by atoms with E-state index in [-0.39, 0.29) is 11.3 Å². The lowest BCUT2D eigenvalue weighted by atomic mass is 10.1. The zero-order valence-corrected chi connectivity index (χ0v) is 16.3. The van der Waals surface area contributed by atoms with Crippen molar-refractivity contribution in [1.29, 1.82) is 0 Å². The van der Waals surface area contributed by atoms with Gasteiger partial charge in [-0.05, 0) is 48.0 Å². The van der Waals surface area contributed by atoms with Gasteiger partial charge in [-0.25, -0.2) is 0 Å². The number of hydrazine groups is 1. The number of nitrogens with zero attached hydrogens (tertiary/aromatic N) is 1. The Kier molecular flexibility index (Phi) is 6.61. The van der Waals surface area contributed by atoms with Crippen LogP contribution < -0.4 is 15.6 Å². The second kappa shape index (κ2) is 9.53. The van der Waals surface area contributed by atoms with Crippen LogP contribution in [0.25, 0.3) is 0 Å². The van der Waals surface area contributed by atoms with Crippen molar-refractivity contribution in [2.45, 2.75) is 6.61 Å². The van der Waals surface area contributed by atoms with Crippen LogP contribution in [0.3, 0.4) is 0 Å². The van der Waals surface area contributed by atoms with E-state index in [9.17, 15) is 19.7 Å². The molecule has 0 aliphatic rings. The number of ether oxygens (including phenoxy) is 1. The van der Waals surface area contributed by atoms with Crippen molar-refractivity contribution < 1.29 is 19.2 Å². The highest BCUT2D eigenvalue weighted by molar-refractivity contribution is 6.30. The van der Waals surface area contributed by atoms with Crippen LogP contribution in [0.1, 0.15) is 26.3 Å². The molecule has 2 amide bonds. The van der Waals surface area contributed by atoms with Crippen LogP contribution in [-0.2, 0) is 6.61 Å². The predicted octanol–water partition coefficient (Wildman–Crippen LogP) is 3.90. The number of nitro benzene ring substituents is 1. The third-order valence-corrected chi connectivity index (χ3v) is 4.32. The first-order valence-corrected chi connectivity index (χ1v) is 9.13. The van der Waals surface area contributed by atoms with Gasteiger partial charge in [-0.15, -0.1) is 0 Å². The Morgan fingerprint density at radius 1 is 0.900 bits per heavy atom. The van der Waals surface area contributed by atoms with Crippen molar-refractivity contribution in [2.24, 2.45) is 0 Å². The molecule has 2 N–H and O–H groups in total. The van der Waals surface area contributed by atoms with Gasteiger partial charge in [-0.1, -0.05) is 35.9 Å². The van der Waals surface area contributed by atoms with E-state index in [1.54, 1.807) is 48.5 Å². The number of hydrogen-bond acceptors (Lipinski definition) is 5. The first kappa shape index (κ1) is 20.8. The van der Waals surface area contributed by atoms with E-state index in [1.807, 2.05) is 0 Å². The summed E-state index contributed by atoms with van der Waals surface area (Å²) in [6.07, 6.45) is 0. The largest absolute Gasteiger partial charge is 0.489 e. The number of carbonyl (C=O) groups is 2. The van der Waals surface area contributed by atoms with Gasteiger partial charge in [-0.2, -0.15) is 0 Å². The molecule has 0 spiro atoms. The molecule has 3 aromatic rings. The van der Waals surface area contributed by atoms with E-state index in [0.29, 0.717) is 22.9 Å². The van der Waals surface area contributed by atoms with Crippen LogP contribution in [0, 0.1) is 10.1 Å². The minimum atomic E-state index is -0.788. The molecule has 0 aliphatic carbocycles. The Labute approximate surface area is 176 Å². The van der Waals surface area contributed by atoms with E-state index in [2.05, 4.69) is 10.9 Å². The van der Waals surface area contributed by atoms with Gasteiger partial charge in [0.05, 0.1) is 4.92 Å². The molecule has 0 saturated carbocycles. The van der Waals surface area contributed by atoms with Gasteiger partial charge >= 0.3 is 0 Å². The van der Waals surface area contributed by atoms with Crippen molar-refractivity contribution in [3.63, 3.8) is 0 Å². The topological polar surface area (TPSA) is 111 Å². The summed E-state index contributed by atoms with van der Waals surface area (Å²) in [5.41, 5.74) is 5.05. The number of hydrogen-bond donors (Lipinski definition) is 2. The fourth-order valence-electron chi connectivity index (χ4n) is 2.53. The number of benzene rings is 3. The van der Waals surface area contributed by atoms with Crippen LogP contribution >= 0.6 is 11.6 Å². The fraction of sp³-hybridized carbons (Fsp3) is 0.0476. The van der Waals surface area contributed by atoms with Crippen LogP contribution in [0.5, 0.6) is 5.75 Å². The predicted molar refractivity (Wildman–Crippen MR) is 110 cm³/mol. The third kappa shape index (κ3) is 5.33. The second-order valence-electron chi connectivity index (χ2n) is 6.12. The Balaban J connectivity index is 1.55.